The Morgan fingerprint density at radius 3 is 2.63 bits per heavy atom. The predicted molar refractivity (Wildman–Crippen MR) is 138 cm³/mol. The third-order valence-electron chi connectivity index (χ3n) is 4.11. The van der Waals surface area contributed by atoms with Crippen LogP contribution in [0.3, 0.4) is 0 Å². The summed E-state index contributed by atoms with van der Waals surface area (Å²) in [5.74, 6) is 3.91. The van der Waals surface area contributed by atoms with Crippen LogP contribution in [0.4, 0.5) is 0 Å². The number of hydrogen-bond acceptors (Lipinski definition) is 5. The highest BCUT2D eigenvalue weighted by Gasteiger charge is 2.11. The Hall–Kier alpha value is -1.68. The van der Waals surface area contributed by atoms with Gasteiger partial charge in [-0.25, -0.2) is 4.98 Å². The summed E-state index contributed by atoms with van der Waals surface area (Å²) in [6.45, 7) is 4.19. The molecule has 30 heavy (non-hydrogen) atoms. The molecule has 1 heterocycles. The summed E-state index contributed by atoms with van der Waals surface area (Å²) < 4.78 is 11.9. The number of ether oxygens (including phenoxy) is 2. The zero-order valence-corrected chi connectivity index (χ0v) is 21.2. The molecular formula is C22H33IN4O2S. The molecule has 0 unspecified atom stereocenters. The molecule has 6 nitrogen and oxygen atoms in total. The van der Waals surface area contributed by atoms with Crippen LogP contribution in [0.2, 0.25) is 0 Å². The Balaban J connectivity index is 0.00000450. The molecule has 0 aliphatic carbocycles. The van der Waals surface area contributed by atoms with Gasteiger partial charge in [0.15, 0.2) is 17.5 Å². The Bertz CT molecular complexity index is 761. The van der Waals surface area contributed by atoms with E-state index in [9.17, 15) is 0 Å². The van der Waals surface area contributed by atoms with Gasteiger partial charge in [-0.3, -0.25) is 4.99 Å². The summed E-state index contributed by atoms with van der Waals surface area (Å²) in [4.78, 5) is 8.71. The summed E-state index contributed by atoms with van der Waals surface area (Å²) in [7, 11) is 1.78. The number of pyridine rings is 1. The normalized spacial score (nSPS) is 10.8. The fraction of sp³-hybridized carbons (Fsp3) is 0.455. The number of aromatic nitrogens is 1. The van der Waals surface area contributed by atoms with Crippen LogP contribution >= 0.6 is 35.7 Å². The van der Waals surface area contributed by atoms with Crippen molar-refractivity contribution in [1.29, 1.82) is 0 Å². The second-order valence-corrected chi connectivity index (χ2v) is 7.40. The van der Waals surface area contributed by atoms with Crippen molar-refractivity contribution in [1.82, 2.24) is 15.6 Å². The molecule has 2 rings (SSSR count). The number of aliphatic imine (C=N–C) groups is 1. The second kappa shape index (κ2) is 16.1. The minimum atomic E-state index is 0. The van der Waals surface area contributed by atoms with Gasteiger partial charge in [0.05, 0.1) is 6.61 Å². The first-order valence-corrected chi connectivity index (χ1v) is 11.4. The van der Waals surface area contributed by atoms with Crippen molar-refractivity contribution in [2.24, 2.45) is 4.99 Å². The number of rotatable bonds is 12. The van der Waals surface area contributed by atoms with E-state index in [1.165, 1.54) is 12.2 Å². The average molecular weight is 545 g/mol. The van der Waals surface area contributed by atoms with E-state index >= 15 is 0 Å². The Kier molecular flexibility index (Phi) is 14.1. The zero-order valence-electron chi connectivity index (χ0n) is 18.0. The minimum Gasteiger partial charge on any atom is -0.490 e. The molecule has 0 spiro atoms. The van der Waals surface area contributed by atoms with Crippen LogP contribution in [0.5, 0.6) is 17.4 Å². The number of thioether (sulfide) groups is 1. The number of benzene rings is 1. The van der Waals surface area contributed by atoms with Crippen LogP contribution in [0, 0.1) is 0 Å². The molecule has 2 aromatic rings. The van der Waals surface area contributed by atoms with E-state index < -0.39 is 0 Å². The van der Waals surface area contributed by atoms with Gasteiger partial charge in [-0.15, -0.1) is 24.0 Å². The molecule has 0 fully saturated rings. The summed E-state index contributed by atoms with van der Waals surface area (Å²) in [5, 5.41) is 6.68. The monoisotopic (exact) mass is 544 g/mol. The van der Waals surface area contributed by atoms with Crippen LogP contribution in [0.15, 0.2) is 47.6 Å². The highest BCUT2D eigenvalue weighted by atomic mass is 127. The van der Waals surface area contributed by atoms with Crippen molar-refractivity contribution in [3.63, 3.8) is 0 Å². The molecule has 0 bridgehead atoms. The average Bonchev–Trinajstić information content (AvgIpc) is 2.76. The van der Waals surface area contributed by atoms with Gasteiger partial charge in [-0.05, 0) is 49.5 Å². The number of nitrogens with zero attached hydrogens (tertiary/aromatic N) is 2. The van der Waals surface area contributed by atoms with Crippen LogP contribution < -0.4 is 20.1 Å². The zero-order chi connectivity index (χ0) is 20.7. The number of guanidine groups is 1. The van der Waals surface area contributed by atoms with E-state index in [-0.39, 0.29) is 24.0 Å². The van der Waals surface area contributed by atoms with E-state index in [0.29, 0.717) is 24.8 Å². The van der Waals surface area contributed by atoms with Gasteiger partial charge >= 0.3 is 0 Å². The Morgan fingerprint density at radius 2 is 1.90 bits per heavy atom. The maximum atomic E-state index is 6.09. The third-order valence-corrected chi connectivity index (χ3v) is 4.80. The standard InChI is InChI=1S/C22H32N4O2S.HI/c1-4-15-27-19-11-5-6-12-20(19)28-21-18(10-9-14-24-21)17-26-22(23-2)25-13-7-8-16-29-3;/h5-6,9-12,14H,4,7-8,13,15-17H2,1-3H3,(H2,23,25,26);1H. The van der Waals surface area contributed by atoms with E-state index in [2.05, 4.69) is 33.8 Å². The second-order valence-electron chi connectivity index (χ2n) is 6.42. The lowest BCUT2D eigenvalue weighted by Gasteiger charge is -2.15. The van der Waals surface area contributed by atoms with Crippen LogP contribution in [0.1, 0.15) is 31.7 Å². The maximum Gasteiger partial charge on any atom is 0.224 e. The highest BCUT2D eigenvalue weighted by Crippen LogP contribution is 2.31. The molecule has 8 heteroatoms. The molecule has 0 saturated carbocycles. The van der Waals surface area contributed by atoms with Crippen LogP contribution in [-0.2, 0) is 6.54 Å². The van der Waals surface area contributed by atoms with Crippen LogP contribution in [0.25, 0.3) is 0 Å². The third kappa shape index (κ3) is 9.42. The SMILES string of the molecule is CCCOc1ccccc1Oc1ncccc1CNC(=NC)NCCCCSC.I. The number of hydrogen-bond donors (Lipinski definition) is 2. The first-order valence-electron chi connectivity index (χ1n) is 10.1. The molecule has 0 saturated heterocycles. The molecule has 166 valence electrons. The number of halogens is 1. The molecule has 0 aliphatic heterocycles. The van der Waals surface area contributed by atoms with Gasteiger partial charge < -0.3 is 20.1 Å². The highest BCUT2D eigenvalue weighted by molar-refractivity contribution is 14.0. The quantitative estimate of drug-likeness (QED) is 0.168. The van der Waals surface area contributed by atoms with Gasteiger partial charge in [0, 0.05) is 31.9 Å². The maximum absolute atomic E-state index is 6.09. The van der Waals surface area contributed by atoms with E-state index in [0.717, 1.165) is 36.7 Å². The number of para-hydroxylation sites is 2. The van der Waals surface area contributed by atoms with Gasteiger partial charge in [0.25, 0.3) is 0 Å². The first kappa shape index (κ1) is 26.4. The van der Waals surface area contributed by atoms with Crippen molar-refractivity contribution in [2.45, 2.75) is 32.7 Å². The van der Waals surface area contributed by atoms with E-state index in [1.807, 2.05) is 48.2 Å². The van der Waals surface area contributed by atoms with Crippen molar-refractivity contribution >= 4 is 41.7 Å². The molecule has 1 aromatic carbocycles. The van der Waals surface area contributed by atoms with E-state index in [1.54, 1.807) is 13.2 Å². The smallest absolute Gasteiger partial charge is 0.224 e. The summed E-state index contributed by atoms with van der Waals surface area (Å²) in [6.07, 6.45) is 7.13. The van der Waals surface area contributed by atoms with Crippen molar-refractivity contribution < 1.29 is 9.47 Å². The molecule has 2 N–H and O–H groups in total. The predicted octanol–water partition coefficient (Wildman–Crippen LogP) is 5.09. The molecule has 0 aliphatic rings. The minimum absolute atomic E-state index is 0. The van der Waals surface area contributed by atoms with Crippen molar-refractivity contribution in [3.05, 3.63) is 48.2 Å². The lowest BCUT2D eigenvalue weighted by Crippen LogP contribution is -2.37. The summed E-state index contributed by atoms with van der Waals surface area (Å²) >= 11 is 1.88. The topological polar surface area (TPSA) is 67.8 Å². The lowest BCUT2D eigenvalue weighted by atomic mass is 10.2. The lowest BCUT2D eigenvalue weighted by molar-refractivity contribution is 0.300. The molecular weight excluding hydrogens is 511 g/mol. The summed E-state index contributed by atoms with van der Waals surface area (Å²) in [5.41, 5.74) is 0.947. The molecule has 0 atom stereocenters. The van der Waals surface area contributed by atoms with Crippen molar-refractivity contribution in [2.75, 3.05) is 32.2 Å². The van der Waals surface area contributed by atoms with Gasteiger partial charge in [0.1, 0.15) is 0 Å². The van der Waals surface area contributed by atoms with Gasteiger partial charge in [-0.2, -0.15) is 11.8 Å². The largest absolute Gasteiger partial charge is 0.490 e. The van der Waals surface area contributed by atoms with Gasteiger partial charge in [-0.1, -0.05) is 25.1 Å². The number of unbranched alkanes of at least 4 members (excludes halogenated alkanes) is 1. The number of nitrogens with one attached hydrogen (secondary N) is 2. The Morgan fingerprint density at radius 1 is 1.10 bits per heavy atom. The fourth-order valence-electron chi connectivity index (χ4n) is 2.60. The molecule has 0 amide bonds. The van der Waals surface area contributed by atoms with Crippen molar-refractivity contribution in [3.8, 4) is 17.4 Å². The fourth-order valence-corrected chi connectivity index (χ4v) is 3.09. The first-order chi connectivity index (χ1) is 14.3. The Labute approximate surface area is 201 Å². The van der Waals surface area contributed by atoms with Gasteiger partial charge in [0.2, 0.25) is 5.88 Å². The molecule has 1 aromatic heterocycles. The van der Waals surface area contributed by atoms with E-state index in [4.69, 9.17) is 9.47 Å². The summed E-state index contributed by atoms with van der Waals surface area (Å²) in [6, 6.07) is 11.6. The van der Waals surface area contributed by atoms with Crippen LogP contribution in [-0.4, -0.2) is 43.2 Å². The molecule has 0 radical (unpaired) electrons.